The largest absolute Gasteiger partial charge is 0.292 e. The minimum atomic E-state index is 0.979. The Hall–Kier alpha value is -3.91. The zero-order chi connectivity index (χ0) is 28.2. The third-order valence-electron chi connectivity index (χ3n) is 8.10. The molecule has 0 saturated carbocycles. The van der Waals surface area contributed by atoms with Gasteiger partial charge in [-0.05, 0) is 105 Å². The Balaban J connectivity index is 1.60. The fourth-order valence-corrected chi connectivity index (χ4v) is 6.06. The van der Waals surface area contributed by atoms with Gasteiger partial charge in [0.05, 0.1) is 17.6 Å². The van der Waals surface area contributed by atoms with Crippen LogP contribution in [0, 0.1) is 34.6 Å². The summed E-state index contributed by atoms with van der Waals surface area (Å²) >= 11 is 0. The Kier molecular flexibility index (Phi) is 8.35. The molecule has 2 nitrogen and oxygen atoms in total. The van der Waals surface area contributed by atoms with E-state index in [4.69, 9.17) is 4.98 Å². The fraction of sp³-hybridized carbons (Fsp3) is 0.289. The number of aryl methyl sites for hydroxylation is 6. The topological polar surface area (TPSA) is 17.8 Å². The summed E-state index contributed by atoms with van der Waals surface area (Å²) in [7, 11) is 0. The van der Waals surface area contributed by atoms with Crippen molar-refractivity contribution in [3.63, 3.8) is 0 Å². The second kappa shape index (κ2) is 12.1. The predicted molar refractivity (Wildman–Crippen MR) is 171 cm³/mol. The van der Waals surface area contributed by atoms with Crippen molar-refractivity contribution in [1.82, 2.24) is 9.55 Å². The smallest absolute Gasteiger partial charge is 0.145 e. The molecule has 0 atom stereocenters. The lowest BCUT2D eigenvalue weighted by Gasteiger charge is -2.20. The quantitative estimate of drug-likeness (QED) is 0.175. The maximum atomic E-state index is 5.03. The Morgan fingerprint density at radius 2 is 1.30 bits per heavy atom. The van der Waals surface area contributed by atoms with Gasteiger partial charge in [-0.25, -0.2) is 4.98 Å². The monoisotopic (exact) mass is 526 g/mol. The van der Waals surface area contributed by atoms with E-state index in [9.17, 15) is 0 Å². The second-order valence-corrected chi connectivity index (χ2v) is 11.4. The van der Waals surface area contributed by atoms with Crippen LogP contribution in [0.1, 0.15) is 66.0 Å². The minimum absolute atomic E-state index is 0.979. The lowest BCUT2D eigenvalue weighted by Crippen LogP contribution is -2.06. The van der Waals surface area contributed by atoms with Gasteiger partial charge in [0.2, 0.25) is 0 Å². The molecule has 40 heavy (non-hydrogen) atoms. The highest BCUT2D eigenvalue weighted by atomic mass is 15.1. The van der Waals surface area contributed by atoms with E-state index in [1.54, 1.807) is 0 Å². The predicted octanol–water partition coefficient (Wildman–Crippen LogP) is 10.5. The van der Waals surface area contributed by atoms with Gasteiger partial charge in [0.25, 0.3) is 0 Å². The molecule has 0 fully saturated rings. The molecule has 0 N–H and O–H groups in total. The van der Waals surface area contributed by atoms with Crippen LogP contribution in [0.15, 0.2) is 85.1 Å². The van der Waals surface area contributed by atoms with E-state index < -0.39 is 0 Å². The van der Waals surface area contributed by atoms with Gasteiger partial charge in [-0.3, -0.25) is 4.57 Å². The fourth-order valence-electron chi connectivity index (χ4n) is 6.06. The van der Waals surface area contributed by atoms with Crippen LogP contribution in [0.25, 0.3) is 39.5 Å². The number of nitrogens with zero attached hydrogens (tertiary/aromatic N) is 2. The summed E-state index contributed by atoms with van der Waals surface area (Å²) < 4.78 is 2.39. The van der Waals surface area contributed by atoms with Crippen LogP contribution in [0.4, 0.5) is 0 Å². The van der Waals surface area contributed by atoms with E-state index in [2.05, 4.69) is 131 Å². The van der Waals surface area contributed by atoms with Crippen LogP contribution < -0.4 is 0 Å². The molecular weight excluding hydrogens is 484 g/mol. The van der Waals surface area contributed by atoms with Gasteiger partial charge < -0.3 is 0 Å². The van der Waals surface area contributed by atoms with Crippen molar-refractivity contribution in [3.05, 3.63) is 118 Å². The van der Waals surface area contributed by atoms with Crippen molar-refractivity contribution in [2.24, 2.45) is 0 Å². The molecule has 2 heteroatoms. The van der Waals surface area contributed by atoms with Crippen molar-refractivity contribution < 1.29 is 0 Å². The molecule has 1 aromatic heterocycles. The van der Waals surface area contributed by atoms with Crippen LogP contribution in [0.3, 0.4) is 0 Å². The number of unbranched alkanes of at least 4 members (excludes halogenated alkanes) is 3. The molecule has 0 bridgehead atoms. The molecule has 0 aliphatic heterocycles. The second-order valence-electron chi connectivity index (χ2n) is 11.4. The lowest BCUT2D eigenvalue weighted by molar-refractivity contribution is 0.667. The molecule has 204 valence electrons. The summed E-state index contributed by atoms with van der Waals surface area (Å²) in [4.78, 5) is 5.03. The normalized spacial score (nSPS) is 11.2. The van der Waals surface area contributed by atoms with Gasteiger partial charge in [0.15, 0.2) is 0 Å². The average Bonchev–Trinajstić information content (AvgIpc) is 3.35. The van der Waals surface area contributed by atoms with Crippen LogP contribution >= 0.6 is 0 Å². The van der Waals surface area contributed by atoms with Gasteiger partial charge in [0, 0.05) is 11.1 Å². The molecule has 4 aromatic carbocycles. The first-order chi connectivity index (χ1) is 19.4. The molecular formula is C38H42N2. The van der Waals surface area contributed by atoms with Gasteiger partial charge in [-0.15, -0.1) is 0 Å². The lowest BCUT2D eigenvalue weighted by atomic mass is 9.96. The van der Waals surface area contributed by atoms with Crippen LogP contribution in [-0.4, -0.2) is 9.55 Å². The van der Waals surface area contributed by atoms with E-state index in [0.29, 0.717) is 0 Å². The third-order valence-corrected chi connectivity index (χ3v) is 8.10. The highest BCUT2D eigenvalue weighted by molar-refractivity contribution is 5.77. The highest BCUT2D eigenvalue weighted by Crippen LogP contribution is 2.37. The molecule has 0 saturated heterocycles. The van der Waals surface area contributed by atoms with Gasteiger partial charge in [-0.1, -0.05) is 92.4 Å². The van der Waals surface area contributed by atoms with E-state index >= 15 is 0 Å². The summed E-state index contributed by atoms with van der Waals surface area (Å²) in [5.74, 6) is 0.979. The van der Waals surface area contributed by atoms with E-state index in [-0.39, 0.29) is 0 Å². The van der Waals surface area contributed by atoms with Crippen molar-refractivity contribution in [2.45, 2.75) is 73.6 Å². The Bertz CT molecular complexity index is 1580. The Labute approximate surface area is 240 Å². The summed E-state index contributed by atoms with van der Waals surface area (Å²) in [6, 6.07) is 29.1. The SMILES string of the molecule is CCCCCCc1ccc(-c2cc(C)c(-n3c(-c4c(C)cccc4C)cnc3-c3cccc(C)c3)c(C)c2)cc1. The van der Waals surface area contributed by atoms with Crippen LogP contribution in [0.2, 0.25) is 0 Å². The first kappa shape index (κ1) is 27.6. The summed E-state index contributed by atoms with van der Waals surface area (Å²) in [6.45, 7) is 13.3. The maximum Gasteiger partial charge on any atom is 0.145 e. The molecule has 0 aliphatic rings. The van der Waals surface area contributed by atoms with E-state index in [0.717, 1.165) is 17.1 Å². The summed E-state index contributed by atoms with van der Waals surface area (Å²) in [6.07, 6.45) is 8.43. The molecule has 1 heterocycles. The first-order valence-electron chi connectivity index (χ1n) is 14.8. The molecule has 0 unspecified atom stereocenters. The van der Waals surface area contributed by atoms with Crippen molar-refractivity contribution in [2.75, 3.05) is 0 Å². The number of hydrogen-bond donors (Lipinski definition) is 0. The average molecular weight is 527 g/mol. The zero-order valence-corrected chi connectivity index (χ0v) is 25.0. The Morgan fingerprint density at radius 3 is 1.95 bits per heavy atom. The number of imidazole rings is 1. The van der Waals surface area contributed by atoms with Crippen LogP contribution in [0.5, 0.6) is 0 Å². The third kappa shape index (κ3) is 5.68. The van der Waals surface area contributed by atoms with Gasteiger partial charge in [-0.2, -0.15) is 0 Å². The first-order valence-corrected chi connectivity index (χ1v) is 14.8. The summed E-state index contributed by atoms with van der Waals surface area (Å²) in [5, 5.41) is 0. The highest BCUT2D eigenvalue weighted by Gasteiger charge is 2.21. The molecule has 0 aliphatic carbocycles. The molecule has 5 rings (SSSR count). The van der Waals surface area contributed by atoms with E-state index in [1.165, 1.54) is 87.9 Å². The number of aromatic nitrogens is 2. The summed E-state index contributed by atoms with van der Waals surface area (Å²) in [5.41, 5.74) is 15.0. The Morgan fingerprint density at radius 1 is 0.625 bits per heavy atom. The van der Waals surface area contributed by atoms with Crippen molar-refractivity contribution >= 4 is 0 Å². The molecule has 0 spiro atoms. The number of hydrogen-bond acceptors (Lipinski definition) is 1. The van der Waals surface area contributed by atoms with Crippen molar-refractivity contribution in [3.8, 4) is 39.5 Å². The molecule has 0 radical (unpaired) electrons. The van der Waals surface area contributed by atoms with Crippen molar-refractivity contribution in [1.29, 1.82) is 0 Å². The van der Waals surface area contributed by atoms with Gasteiger partial charge in [0.1, 0.15) is 5.82 Å². The standard InChI is InChI=1S/C38H42N2/c1-7-8-9-10-16-31-18-20-32(21-19-31)34-23-29(5)37(30(6)24-34)40-35(36-27(3)14-12-15-28(36)4)25-39-38(40)33-17-11-13-26(2)22-33/h11-15,17-25H,7-10,16H2,1-6H3. The van der Waals surface area contributed by atoms with Crippen LogP contribution in [-0.2, 0) is 6.42 Å². The molecule has 5 aromatic rings. The minimum Gasteiger partial charge on any atom is -0.292 e. The number of rotatable bonds is 9. The van der Waals surface area contributed by atoms with Gasteiger partial charge >= 0.3 is 0 Å². The zero-order valence-electron chi connectivity index (χ0n) is 25.0. The number of benzene rings is 4. The maximum absolute atomic E-state index is 5.03. The molecule has 0 amide bonds. The van der Waals surface area contributed by atoms with E-state index in [1.807, 2.05) is 0 Å².